The summed E-state index contributed by atoms with van der Waals surface area (Å²) in [5.74, 6) is 0. The predicted octanol–water partition coefficient (Wildman–Crippen LogP) is 5.46. The maximum absolute atomic E-state index is 13.9. The molecule has 202 valence electrons. The van der Waals surface area contributed by atoms with Gasteiger partial charge in [0.05, 0.1) is 36.0 Å². The molecule has 5 rings (SSSR count). The molecule has 38 heavy (non-hydrogen) atoms. The fourth-order valence-corrected chi connectivity index (χ4v) is 6.04. The molecule has 6 nitrogen and oxygen atoms in total. The zero-order chi connectivity index (χ0) is 27.2. The molecule has 0 amide bonds. The van der Waals surface area contributed by atoms with Gasteiger partial charge in [-0.1, -0.05) is 30.0 Å². The monoisotopic (exact) mass is 543 g/mol. The van der Waals surface area contributed by atoms with Crippen molar-refractivity contribution in [1.82, 2.24) is 20.0 Å². The lowest BCUT2D eigenvalue weighted by Crippen LogP contribution is -2.55. The second-order valence-corrected chi connectivity index (χ2v) is 11.8. The number of nitrogens with one attached hydrogen (secondary N) is 1. The van der Waals surface area contributed by atoms with Gasteiger partial charge in [-0.05, 0) is 68.7 Å². The van der Waals surface area contributed by atoms with Gasteiger partial charge in [-0.3, -0.25) is 9.67 Å². The van der Waals surface area contributed by atoms with Gasteiger partial charge in [-0.25, -0.2) is 0 Å². The van der Waals surface area contributed by atoms with Gasteiger partial charge >= 0.3 is 6.18 Å². The molecule has 2 atom stereocenters. The molecular formula is C28H32F3N5OS. The summed E-state index contributed by atoms with van der Waals surface area (Å²) < 4.78 is 43.1. The molecule has 0 bridgehead atoms. The molecule has 0 unspecified atom stereocenters. The lowest BCUT2D eigenvalue weighted by molar-refractivity contribution is -0.138. The third-order valence-corrected chi connectivity index (χ3v) is 7.93. The molecule has 3 aromatic rings. The fourth-order valence-electron chi connectivity index (χ4n) is 5.08. The Morgan fingerprint density at radius 1 is 1.11 bits per heavy atom. The van der Waals surface area contributed by atoms with Gasteiger partial charge in [0, 0.05) is 35.5 Å². The Morgan fingerprint density at radius 3 is 2.53 bits per heavy atom. The van der Waals surface area contributed by atoms with E-state index in [4.69, 9.17) is 4.99 Å². The molecule has 0 saturated carbocycles. The van der Waals surface area contributed by atoms with Crippen molar-refractivity contribution in [2.24, 2.45) is 4.99 Å². The first kappa shape index (κ1) is 26.8. The predicted molar refractivity (Wildman–Crippen MR) is 147 cm³/mol. The van der Waals surface area contributed by atoms with Crippen molar-refractivity contribution in [2.45, 2.75) is 58.1 Å². The number of piperazine rings is 1. The molecule has 1 saturated heterocycles. The highest BCUT2D eigenvalue weighted by molar-refractivity contribution is 8.17. The number of hydrogen-bond acceptors (Lipinski definition) is 6. The minimum atomic E-state index is -4.54. The number of halogens is 3. The highest BCUT2D eigenvalue weighted by Gasteiger charge is 2.35. The lowest BCUT2D eigenvalue weighted by atomic mass is 9.93. The Bertz CT molecular complexity index is 1400. The number of nitrogens with zero attached hydrogens (tertiary/aromatic N) is 4. The molecule has 1 fully saturated rings. The summed E-state index contributed by atoms with van der Waals surface area (Å²) >= 11 is 1.70. The second-order valence-electron chi connectivity index (χ2n) is 10.7. The largest absolute Gasteiger partial charge is 0.416 e. The van der Waals surface area contributed by atoms with E-state index in [0.717, 1.165) is 45.7 Å². The Balaban J connectivity index is 1.34. The third kappa shape index (κ3) is 5.77. The van der Waals surface area contributed by atoms with Crippen molar-refractivity contribution in [3.63, 3.8) is 0 Å². The quantitative estimate of drug-likeness (QED) is 0.458. The number of rotatable bonds is 4. The third-order valence-electron chi connectivity index (χ3n) is 6.86. The average Bonchev–Trinajstić information content (AvgIpc) is 3.44. The van der Waals surface area contributed by atoms with Crippen molar-refractivity contribution in [3.8, 4) is 0 Å². The van der Waals surface area contributed by atoms with Crippen LogP contribution in [0.15, 0.2) is 52.5 Å². The van der Waals surface area contributed by atoms with Crippen LogP contribution >= 0.6 is 11.8 Å². The van der Waals surface area contributed by atoms with Crippen LogP contribution in [0.5, 0.6) is 0 Å². The SMILES string of the molecule is C[C@@H]1CN(C2=NCC(=Cc3ccc4c(cnn4Cc4ccc(C(C)(C)O)cc4C(F)(F)F)c3)S2)C[C@H](C)N1. The van der Waals surface area contributed by atoms with Crippen molar-refractivity contribution in [3.05, 3.63) is 69.8 Å². The summed E-state index contributed by atoms with van der Waals surface area (Å²) in [7, 11) is 0. The topological polar surface area (TPSA) is 65.7 Å². The normalized spacial score (nSPS) is 21.9. The average molecular weight is 544 g/mol. The number of aliphatic imine (C=N–C) groups is 1. The van der Waals surface area contributed by atoms with E-state index in [1.54, 1.807) is 22.6 Å². The highest BCUT2D eigenvalue weighted by atomic mass is 32.2. The molecular weight excluding hydrogens is 511 g/mol. The summed E-state index contributed by atoms with van der Waals surface area (Å²) in [6, 6.07) is 10.7. The van der Waals surface area contributed by atoms with Crippen LogP contribution < -0.4 is 5.32 Å². The number of fused-ring (bicyclic) bond motifs is 1. The molecule has 1 aromatic heterocycles. The zero-order valence-corrected chi connectivity index (χ0v) is 22.7. The summed E-state index contributed by atoms with van der Waals surface area (Å²) in [5.41, 5.74) is -0.0491. The zero-order valence-electron chi connectivity index (χ0n) is 21.9. The number of amidine groups is 1. The van der Waals surface area contributed by atoms with Crippen LogP contribution in [0.2, 0.25) is 0 Å². The van der Waals surface area contributed by atoms with Gasteiger partial charge in [0.1, 0.15) is 0 Å². The van der Waals surface area contributed by atoms with Gasteiger partial charge < -0.3 is 15.3 Å². The minimum absolute atomic E-state index is 0.0283. The van der Waals surface area contributed by atoms with Crippen molar-refractivity contribution in [1.29, 1.82) is 0 Å². The van der Waals surface area contributed by atoms with Crippen LogP contribution in [-0.2, 0) is 18.3 Å². The second kappa shape index (κ2) is 10.1. The van der Waals surface area contributed by atoms with Crippen molar-refractivity contribution >= 4 is 33.9 Å². The Hall–Kier alpha value is -2.82. The molecule has 2 N–H and O–H groups in total. The molecule has 3 heterocycles. The summed E-state index contributed by atoms with van der Waals surface area (Å²) in [4.78, 5) is 8.25. The van der Waals surface area contributed by atoms with Gasteiger partial charge in [0.15, 0.2) is 5.17 Å². The van der Waals surface area contributed by atoms with Gasteiger partial charge in [-0.2, -0.15) is 18.3 Å². The lowest BCUT2D eigenvalue weighted by Gasteiger charge is -2.36. The number of hydrogen-bond donors (Lipinski definition) is 2. The number of aromatic nitrogens is 2. The van der Waals surface area contributed by atoms with Gasteiger partial charge in [0.25, 0.3) is 0 Å². The van der Waals surface area contributed by atoms with Crippen LogP contribution in [0, 0.1) is 0 Å². The molecule has 10 heteroatoms. The van der Waals surface area contributed by atoms with Crippen LogP contribution in [0.25, 0.3) is 17.0 Å². The smallest absolute Gasteiger partial charge is 0.386 e. The number of alkyl halides is 3. The first-order chi connectivity index (χ1) is 17.9. The van der Waals surface area contributed by atoms with E-state index in [9.17, 15) is 18.3 Å². The Labute approximate surface area is 224 Å². The van der Waals surface area contributed by atoms with Crippen LogP contribution in [0.3, 0.4) is 0 Å². The van der Waals surface area contributed by atoms with Crippen molar-refractivity contribution in [2.75, 3.05) is 19.6 Å². The maximum Gasteiger partial charge on any atom is 0.416 e. The molecule has 2 aliphatic rings. The van der Waals surface area contributed by atoms with Gasteiger partial charge in [0.2, 0.25) is 0 Å². The highest BCUT2D eigenvalue weighted by Crippen LogP contribution is 2.36. The van der Waals surface area contributed by atoms with E-state index in [1.165, 1.54) is 26.0 Å². The maximum atomic E-state index is 13.9. The standard InChI is InChI=1S/C28H32F3N5OS/c1-17-14-35(15-18(2)34-17)26-32-13-23(38-26)10-19-5-8-25-21(9-19)12-33-36(25)16-20-6-7-22(27(3,4)37)11-24(20)28(29,30)31/h5-12,17-18,34,37H,13-16H2,1-4H3/t17-,18+. The number of benzene rings is 2. The van der Waals surface area contributed by atoms with E-state index < -0.39 is 17.3 Å². The van der Waals surface area contributed by atoms with E-state index in [2.05, 4.69) is 35.2 Å². The van der Waals surface area contributed by atoms with Crippen molar-refractivity contribution < 1.29 is 18.3 Å². The van der Waals surface area contributed by atoms with Crippen LogP contribution in [0.4, 0.5) is 13.2 Å². The summed E-state index contributed by atoms with van der Waals surface area (Å²) in [6.07, 6.45) is -0.743. The van der Waals surface area contributed by atoms with E-state index in [1.807, 2.05) is 18.2 Å². The van der Waals surface area contributed by atoms with Crippen LogP contribution in [-0.4, -0.2) is 56.7 Å². The number of thioether (sulfide) groups is 1. The van der Waals surface area contributed by atoms with Gasteiger partial charge in [-0.15, -0.1) is 0 Å². The molecule has 0 spiro atoms. The van der Waals surface area contributed by atoms with E-state index in [-0.39, 0.29) is 17.7 Å². The van der Waals surface area contributed by atoms with E-state index in [0.29, 0.717) is 18.6 Å². The molecule has 2 aliphatic heterocycles. The Kier molecular flexibility index (Phi) is 7.08. The number of aliphatic hydroxyl groups is 1. The molecule has 0 aliphatic carbocycles. The first-order valence-corrected chi connectivity index (χ1v) is 13.5. The Morgan fingerprint density at radius 2 is 1.84 bits per heavy atom. The van der Waals surface area contributed by atoms with E-state index >= 15 is 0 Å². The molecule has 2 aromatic carbocycles. The minimum Gasteiger partial charge on any atom is -0.386 e. The summed E-state index contributed by atoms with van der Waals surface area (Å²) in [5, 5.41) is 20.0. The first-order valence-electron chi connectivity index (χ1n) is 12.7. The molecule has 0 radical (unpaired) electrons. The van der Waals surface area contributed by atoms with Crippen LogP contribution in [0.1, 0.15) is 49.9 Å². The summed E-state index contributed by atoms with van der Waals surface area (Å²) in [6.45, 7) is 9.80. The fraction of sp³-hybridized carbons (Fsp3) is 0.429.